The third-order valence-corrected chi connectivity index (χ3v) is 5.96. The number of unbranched alkanes of at least 4 members (excludes halogenated alkanes) is 1. The molecule has 5 nitrogen and oxygen atoms in total. The Labute approximate surface area is 153 Å². The minimum absolute atomic E-state index is 0.150. The van der Waals surface area contributed by atoms with Crippen LogP contribution in [0.1, 0.15) is 26.2 Å². The van der Waals surface area contributed by atoms with Gasteiger partial charge < -0.3 is 4.90 Å². The lowest BCUT2D eigenvalue weighted by molar-refractivity contribution is -0.143. The van der Waals surface area contributed by atoms with Crippen LogP contribution in [0.25, 0.3) is 0 Å². The first-order valence-corrected chi connectivity index (χ1v) is 9.50. The van der Waals surface area contributed by atoms with Crippen LogP contribution >= 0.6 is 0 Å². The molecule has 1 saturated heterocycles. The molecule has 3 aliphatic rings. The topological polar surface area (TPSA) is 57.7 Å². The summed E-state index contributed by atoms with van der Waals surface area (Å²) in [6.07, 6.45) is 6.89. The average Bonchev–Trinajstić information content (AvgIpc) is 3.33. The Morgan fingerprint density at radius 2 is 1.69 bits per heavy atom. The number of hydrogen-bond acceptors (Lipinski definition) is 3. The molecule has 1 saturated carbocycles. The van der Waals surface area contributed by atoms with Gasteiger partial charge in [-0.3, -0.25) is 19.3 Å². The fourth-order valence-electron chi connectivity index (χ4n) is 4.66. The smallest absolute Gasteiger partial charge is 0.247 e. The molecule has 136 valence electrons. The fraction of sp³-hybridized carbons (Fsp3) is 0.476. The van der Waals surface area contributed by atoms with E-state index in [9.17, 15) is 14.4 Å². The third-order valence-electron chi connectivity index (χ3n) is 5.96. The van der Waals surface area contributed by atoms with Crippen molar-refractivity contribution in [2.45, 2.75) is 26.2 Å². The van der Waals surface area contributed by atoms with E-state index in [0.717, 1.165) is 24.9 Å². The molecule has 3 amide bonds. The summed E-state index contributed by atoms with van der Waals surface area (Å²) < 4.78 is 0. The van der Waals surface area contributed by atoms with Crippen molar-refractivity contribution in [3.63, 3.8) is 0 Å². The molecule has 0 N–H and O–H groups in total. The van der Waals surface area contributed by atoms with Crippen LogP contribution in [0.5, 0.6) is 0 Å². The molecule has 0 spiro atoms. The quantitative estimate of drug-likeness (QED) is 0.584. The van der Waals surface area contributed by atoms with Crippen LogP contribution in [0.2, 0.25) is 0 Å². The molecule has 1 aromatic carbocycles. The van der Waals surface area contributed by atoms with Gasteiger partial charge in [0.05, 0.1) is 11.8 Å². The van der Waals surface area contributed by atoms with E-state index in [1.165, 1.54) is 4.90 Å². The van der Waals surface area contributed by atoms with Gasteiger partial charge in [0.25, 0.3) is 0 Å². The summed E-state index contributed by atoms with van der Waals surface area (Å²) in [6.45, 7) is 2.52. The van der Waals surface area contributed by atoms with Crippen molar-refractivity contribution >= 4 is 23.4 Å². The second-order valence-corrected chi connectivity index (χ2v) is 7.50. The SMILES string of the molecule is CCCCN(C(=O)CN1C(=O)C2C3C=CC(C3)C2C1=O)c1ccccc1. The molecule has 1 aliphatic heterocycles. The summed E-state index contributed by atoms with van der Waals surface area (Å²) in [4.78, 5) is 41.5. The lowest BCUT2D eigenvalue weighted by Gasteiger charge is -2.25. The molecule has 5 heteroatoms. The second kappa shape index (κ2) is 6.71. The van der Waals surface area contributed by atoms with E-state index in [2.05, 4.69) is 19.1 Å². The van der Waals surface area contributed by atoms with Crippen LogP contribution in [-0.2, 0) is 14.4 Å². The van der Waals surface area contributed by atoms with Crippen LogP contribution in [0.15, 0.2) is 42.5 Å². The van der Waals surface area contributed by atoms with Crippen LogP contribution in [-0.4, -0.2) is 35.7 Å². The number of fused-ring (bicyclic) bond motifs is 5. The molecule has 4 atom stereocenters. The third kappa shape index (κ3) is 2.66. The van der Waals surface area contributed by atoms with Gasteiger partial charge in [-0.2, -0.15) is 0 Å². The lowest BCUT2D eigenvalue weighted by Crippen LogP contribution is -2.44. The number of hydrogen-bond donors (Lipinski definition) is 0. The number of imide groups is 1. The zero-order valence-corrected chi connectivity index (χ0v) is 15.0. The van der Waals surface area contributed by atoms with Crippen LogP contribution in [0, 0.1) is 23.7 Å². The number of anilines is 1. The Morgan fingerprint density at radius 3 is 2.27 bits per heavy atom. The van der Waals surface area contributed by atoms with E-state index in [0.29, 0.717) is 6.54 Å². The zero-order valence-electron chi connectivity index (χ0n) is 15.0. The molecule has 4 rings (SSSR count). The lowest BCUT2D eigenvalue weighted by atomic mass is 9.85. The zero-order chi connectivity index (χ0) is 18.3. The minimum Gasteiger partial charge on any atom is -0.311 e. The van der Waals surface area contributed by atoms with Gasteiger partial charge in [0.2, 0.25) is 17.7 Å². The van der Waals surface area contributed by atoms with Crippen molar-refractivity contribution in [3.05, 3.63) is 42.5 Å². The highest BCUT2D eigenvalue weighted by Crippen LogP contribution is 2.52. The highest BCUT2D eigenvalue weighted by Gasteiger charge is 2.59. The fourth-order valence-corrected chi connectivity index (χ4v) is 4.66. The maximum atomic E-state index is 13.0. The summed E-state index contributed by atoms with van der Waals surface area (Å²) in [5, 5.41) is 0. The molecule has 2 aliphatic carbocycles. The number of para-hydroxylation sites is 1. The van der Waals surface area contributed by atoms with Crippen molar-refractivity contribution in [1.82, 2.24) is 4.90 Å². The van der Waals surface area contributed by atoms with Gasteiger partial charge in [0, 0.05) is 12.2 Å². The van der Waals surface area contributed by atoms with Gasteiger partial charge in [-0.1, -0.05) is 43.7 Å². The van der Waals surface area contributed by atoms with Gasteiger partial charge in [0.15, 0.2) is 0 Å². The number of rotatable bonds is 6. The molecular formula is C21H24N2O3. The number of carbonyl (C=O) groups is 3. The van der Waals surface area contributed by atoms with E-state index in [4.69, 9.17) is 0 Å². The Hall–Kier alpha value is -2.43. The molecule has 26 heavy (non-hydrogen) atoms. The second-order valence-electron chi connectivity index (χ2n) is 7.50. The van der Waals surface area contributed by atoms with Crippen molar-refractivity contribution < 1.29 is 14.4 Å². The van der Waals surface area contributed by atoms with Crippen molar-refractivity contribution in [2.75, 3.05) is 18.0 Å². The van der Waals surface area contributed by atoms with E-state index in [1.807, 2.05) is 30.3 Å². The summed E-state index contributed by atoms with van der Waals surface area (Å²) in [7, 11) is 0. The van der Waals surface area contributed by atoms with E-state index in [1.54, 1.807) is 4.90 Å². The standard InChI is InChI=1S/C21H24N2O3/c1-2-3-11-22(16-7-5-4-6-8-16)17(24)13-23-20(25)18-14-9-10-15(12-14)19(18)21(23)26/h4-10,14-15,18-19H,2-3,11-13H2,1H3. The minimum atomic E-state index is -0.244. The maximum absolute atomic E-state index is 13.0. The molecule has 2 fully saturated rings. The van der Waals surface area contributed by atoms with Crippen molar-refractivity contribution in [2.24, 2.45) is 23.7 Å². The average molecular weight is 352 g/mol. The molecule has 1 aromatic rings. The van der Waals surface area contributed by atoms with Gasteiger partial charge >= 0.3 is 0 Å². The molecule has 2 bridgehead atoms. The number of likely N-dealkylation sites (tertiary alicyclic amines) is 1. The summed E-state index contributed by atoms with van der Waals surface area (Å²) in [5.74, 6) is -0.648. The predicted octanol–water partition coefficient (Wildman–Crippen LogP) is 2.63. The Bertz CT molecular complexity index is 728. The number of amides is 3. The summed E-state index contributed by atoms with van der Waals surface area (Å²) in [5.41, 5.74) is 0.812. The predicted molar refractivity (Wildman–Crippen MR) is 98.1 cm³/mol. The van der Waals surface area contributed by atoms with E-state index < -0.39 is 0 Å². The first-order chi connectivity index (χ1) is 12.6. The Morgan fingerprint density at radius 1 is 1.08 bits per heavy atom. The summed E-state index contributed by atoms with van der Waals surface area (Å²) >= 11 is 0. The maximum Gasteiger partial charge on any atom is 0.247 e. The van der Waals surface area contributed by atoms with Crippen LogP contribution in [0.3, 0.4) is 0 Å². The normalized spacial score (nSPS) is 28.7. The first-order valence-electron chi connectivity index (χ1n) is 9.50. The summed E-state index contributed by atoms with van der Waals surface area (Å²) in [6, 6.07) is 9.46. The first kappa shape index (κ1) is 17.0. The van der Waals surface area contributed by atoms with Crippen molar-refractivity contribution in [3.8, 4) is 0 Å². The largest absolute Gasteiger partial charge is 0.311 e. The van der Waals surface area contributed by atoms with E-state index in [-0.39, 0.29) is 47.9 Å². The van der Waals surface area contributed by atoms with Gasteiger partial charge in [-0.05, 0) is 36.8 Å². The number of benzene rings is 1. The Balaban J connectivity index is 1.51. The van der Waals surface area contributed by atoms with Crippen LogP contribution < -0.4 is 4.90 Å². The number of carbonyl (C=O) groups excluding carboxylic acids is 3. The Kier molecular flexibility index (Phi) is 4.39. The molecule has 0 radical (unpaired) electrons. The van der Waals surface area contributed by atoms with Gasteiger partial charge in [0.1, 0.15) is 6.54 Å². The van der Waals surface area contributed by atoms with Gasteiger partial charge in [-0.25, -0.2) is 0 Å². The van der Waals surface area contributed by atoms with Crippen LogP contribution in [0.4, 0.5) is 5.69 Å². The molecule has 1 heterocycles. The molecule has 4 unspecified atom stereocenters. The van der Waals surface area contributed by atoms with Gasteiger partial charge in [-0.15, -0.1) is 0 Å². The monoisotopic (exact) mass is 352 g/mol. The van der Waals surface area contributed by atoms with Crippen molar-refractivity contribution in [1.29, 1.82) is 0 Å². The number of nitrogens with zero attached hydrogens (tertiary/aromatic N) is 2. The highest BCUT2D eigenvalue weighted by atomic mass is 16.2. The molecule has 0 aromatic heterocycles. The van der Waals surface area contributed by atoms with E-state index >= 15 is 0 Å². The highest BCUT2D eigenvalue weighted by molar-refractivity contribution is 6.10. The number of allylic oxidation sites excluding steroid dienone is 2. The molecular weight excluding hydrogens is 328 g/mol.